The zero-order chi connectivity index (χ0) is 24.8. The normalized spacial score (nSPS) is 16.1. The van der Waals surface area contributed by atoms with Gasteiger partial charge in [0.05, 0.1) is 0 Å². The van der Waals surface area contributed by atoms with Gasteiger partial charge < -0.3 is 0 Å². The molecule has 0 heterocycles. The SMILES string of the molecule is CCCCCC(F)(F)C(F)(F)C(F)(F)C(F)(F)C(F)(F)C(F)(F)C(F)(F)S(=O)(=O)O. The third-order valence-corrected chi connectivity index (χ3v) is 4.72. The second kappa shape index (κ2) is 7.81. The van der Waals surface area contributed by atoms with Crippen LogP contribution in [0.2, 0.25) is 0 Å². The lowest BCUT2D eigenvalue weighted by Crippen LogP contribution is -2.73. The molecule has 182 valence electrons. The molecular weight excluding hydrogens is 490 g/mol. The van der Waals surface area contributed by atoms with Crippen LogP contribution in [0.4, 0.5) is 61.5 Å². The van der Waals surface area contributed by atoms with Gasteiger partial charge in [0.15, 0.2) is 0 Å². The predicted molar refractivity (Wildman–Crippen MR) is 70.3 cm³/mol. The van der Waals surface area contributed by atoms with Gasteiger partial charge in [-0.1, -0.05) is 19.8 Å². The molecule has 0 fully saturated rings. The van der Waals surface area contributed by atoms with Gasteiger partial charge in [-0.3, -0.25) is 4.55 Å². The minimum Gasteiger partial charge on any atom is -0.281 e. The lowest BCUT2D eigenvalue weighted by molar-refractivity contribution is -0.436. The van der Waals surface area contributed by atoms with E-state index in [9.17, 15) is 69.9 Å². The predicted octanol–water partition coefficient (Wildman–Crippen LogP) is 5.86. The van der Waals surface area contributed by atoms with Crippen molar-refractivity contribution in [3.63, 3.8) is 0 Å². The molecule has 0 saturated carbocycles. The monoisotopic (exact) mass is 502 g/mol. The molecule has 0 rings (SSSR count). The third kappa shape index (κ3) is 3.92. The van der Waals surface area contributed by atoms with E-state index < -0.39 is 63.7 Å². The number of alkyl halides is 14. The second-order valence-corrected chi connectivity index (χ2v) is 7.49. The van der Waals surface area contributed by atoms with Gasteiger partial charge in [-0.25, -0.2) is 0 Å². The zero-order valence-corrected chi connectivity index (χ0v) is 15.1. The van der Waals surface area contributed by atoms with Crippen molar-refractivity contribution in [3.05, 3.63) is 0 Å². The van der Waals surface area contributed by atoms with Gasteiger partial charge in [0, 0.05) is 6.42 Å². The highest BCUT2D eigenvalue weighted by Gasteiger charge is 2.94. The van der Waals surface area contributed by atoms with Crippen LogP contribution in [0.25, 0.3) is 0 Å². The third-order valence-electron chi connectivity index (χ3n) is 3.82. The first kappa shape index (κ1) is 28.9. The number of halogens is 14. The molecule has 0 unspecified atom stereocenters. The molecule has 0 aliphatic rings. The fourth-order valence-corrected chi connectivity index (χ4v) is 2.37. The van der Waals surface area contributed by atoms with Crippen LogP contribution in [0.3, 0.4) is 0 Å². The van der Waals surface area contributed by atoms with Gasteiger partial charge in [0.2, 0.25) is 0 Å². The highest BCUT2D eigenvalue weighted by Crippen LogP contribution is 2.63. The standard InChI is InChI=1S/C12H12F14O3S/c1-2-3-4-5-6(13,14)7(15,16)8(17,18)9(19,20)10(21,22)11(23,24)12(25,26)30(27,28)29/h2-5H2,1H3,(H,27,28,29). The Hall–Kier alpha value is -1.07. The van der Waals surface area contributed by atoms with Gasteiger partial charge in [-0.15, -0.1) is 0 Å². The van der Waals surface area contributed by atoms with Crippen LogP contribution in [-0.2, 0) is 10.1 Å². The Bertz CT molecular complexity index is 716. The Morgan fingerprint density at radius 2 is 0.933 bits per heavy atom. The van der Waals surface area contributed by atoms with Gasteiger partial charge >= 0.3 is 50.9 Å². The van der Waals surface area contributed by atoms with E-state index in [1.807, 2.05) is 0 Å². The van der Waals surface area contributed by atoms with Crippen LogP contribution < -0.4 is 0 Å². The summed E-state index contributed by atoms with van der Waals surface area (Å²) in [6.45, 7) is 1.29. The molecule has 0 aromatic heterocycles. The van der Waals surface area contributed by atoms with Crippen molar-refractivity contribution in [2.75, 3.05) is 0 Å². The van der Waals surface area contributed by atoms with Crippen molar-refractivity contribution in [1.82, 2.24) is 0 Å². The molecular formula is C12H12F14O3S. The van der Waals surface area contributed by atoms with E-state index in [1.54, 1.807) is 0 Å². The molecule has 0 aliphatic heterocycles. The van der Waals surface area contributed by atoms with Crippen molar-refractivity contribution in [3.8, 4) is 0 Å². The zero-order valence-electron chi connectivity index (χ0n) is 14.3. The van der Waals surface area contributed by atoms with Crippen LogP contribution in [0.1, 0.15) is 32.6 Å². The molecule has 0 aromatic carbocycles. The average molecular weight is 502 g/mol. The fraction of sp³-hybridized carbons (Fsp3) is 1.00. The Balaban J connectivity index is 6.55. The Morgan fingerprint density at radius 1 is 0.600 bits per heavy atom. The topological polar surface area (TPSA) is 54.4 Å². The van der Waals surface area contributed by atoms with E-state index >= 15 is 0 Å². The average Bonchev–Trinajstić information content (AvgIpc) is 2.52. The summed E-state index contributed by atoms with van der Waals surface area (Å²) < 4.78 is 214. The minimum atomic E-state index is -8.38. The molecule has 0 bridgehead atoms. The molecule has 0 atom stereocenters. The summed E-state index contributed by atoms with van der Waals surface area (Å²) in [4.78, 5) is 0. The van der Waals surface area contributed by atoms with E-state index in [4.69, 9.17) is 4.55 Å². The first-order valence-corrected chi connectivity index (χ1v) is 8.87. The molecule has 1 N–H and O–H groups in total. The Kier molecular flexibility index (Phi) is 7.53. The lowest BCUT2D eigenvalue weighted by atomic mass is 9.89. The van der Waals surface area contributed by atoms with Gasteiger partial charge in [-0.2, -0.15) is 69.9 Å². The number of rotatable bonds is 11. The largest absolute Gasteiger partial charge is 0.438 e. The molecule has 0 aromatic rings. The second-order valence-electron chi connectivity index (χ2n) is 6.03. The quantitative estimate of drug-likeness (QED) is 0.219. The summed E-state index contributed by atoms with van der Waals surface area (Å²) in [6, 6.07) is 0. The molecule has 18 heteroatoms. The van der Waals surface area contributed by atoms with Crippen molar-refractivity contribution in [1.29, 1.82) is 0 Å². The molecule has 30 heavy (non-hydrogen) atoms. The van der Waals surface area contributed by atoms with Gasteiger partial charge in [0.1, 0.15) is 0 Å². The molecule has 0 spiro atoms. The maximum atomic E-state index is 13.4. The van der Waals surface area contributed by atoms with E-state index in [-0.39, 0.29) is 12.8 Å². The van der Waals surface area contributed by atoms with Crippen LogP contribution in [0, 0.1) is 0 Å². The van der Waals surface area contributed by atoms with Gasteiger partial charge in [0.25, 0.3) is 0 Å². The van der Waals surface area contributed by atoms with Crippen LogP contribution in [-0.4, -0.2) is 53.8 Å². The number of hydrogen-bond acceptors (Lipinski definition) is 2. The summed E-state index contributed by atoms with van der Waals surface area (Å²) in [5.74, 6) is -46.7. The molecule has 0 aliphatic carbocycles. The maximum absolute atomic E-state index is 13.4. The number of unbranched alkanes of at least 4 members (excludes halogenated alkanes) is 2. The smallest absolute Gasteiger partial charge is 0.281 e. The summed E-state index contributed by atoms with van der Waals surface area (Å²) >= 11 is 0. The number of hydrogen-bond donors (Lipinski definition) is 1. The van der Waals surface area contributed by atoms with Crippen LogP contribution >= 0.6 is 0 Å². The molecule has 0 saturated heterocycles. The first-order valence-electron chi connectivity index (χ1n) is 7.43. The Labute approximate surface area is 159 Å². The summed E-state index contributed by atoms with van der Waals surface area (Å²) in [5.41, 5.74) is 0. The van der Waals surface area contributed by atoms with Crippen molar-refractivity contribution >= 4 is 10.1 Å². The van der Waals surface area contributed by atoms with Crippen LogP contribution in [0.15, 0.2) is 0 Å². The van der Waals surface area contributed by atoms with Crippen LogP contribution in [0.5, 0.6) is 0 Å². The maximum Gasteiger partial charge on any atom is 0.438 e. The highest BCUT2D eigenvalue weighted by molar-refractivity contribution is 7.87. The van der Waals surface area contributed by atoms with E-state index in [0.29, 0.717) is 0 Å². The van der Waals surface area contributed by atoms with E-state index in [2.05, 4.69) is 0 Å². The lowest BCUT2D eigenvalue weighted by Gasteiger charge is -2.42. The fourth-order valence-electron chi connectivity index (χ4n) is 1.92. The van der Waals surface area contributed by atoms with Crippen molar-refractivity contribution < 1.29 is 74.4 Å². The van der Waals surface area contributed by atoms with Gasteiger partial charge in [-0.05, 0) is 6.42 Å². The minimum absolute atomic E-state index is 0.00319. The summed E-state index contributed by atoms with van der Waals surface area (Å²) in [5, 5.41) is -7.61. The van der Waals surface area contributed by atoms with Crippen molar-refractivity contribution in [2.45, 2.75) is 73.4 Å². The Morgan fingerprint density at radius 3 is 1.27 bits per heavy atom. The summed E-state index contributed by atoms with van der Waals surface area (Å²) in [7, 11) is -7.71. The first-order chi connectivity index (χ1) is 12.8. The van der Waals surface area contributed by atoms with E-state index in [0.717, 1.165) is 0 Å². The highest BCUT2D eigenvalue weighted by atomic mass is 32.2. The van der Waals surface area contributed by atoms with Crippen molar-refractivity contribution in [2.24, 2.45) is 0 Å². The molecule has 0 radical (unpaired) electrons. The molecule has 3 nitrogen and oxygen atoms in total. The van der Waals surface area contributed by atoms with E-state index in [1.165, 1.54) is 6.92 Å². The molecule has 0 amide bonds. The summed E-state index contributed by atoms with van der Waals surface area (Å²) in [6.07, 6.45) is -3.69.